The van der Waals surface area contributed by atoms with Gasteiger partial charge in [-0.15, -0.1) is 0 Å². The van der Waals surface area contributed by atoms with Gasteiger partial charge in [-0.1, -0.05) is 27.4 Å². The fraction of sp³-hybridized carbons (Fsp3) is 0.800. The lowest BCUT2D eigenvalue weighted by Gasteiger charge is -2.35. The first-order valence-electron chi connectivity index (χ1n) is 4.49. The molecule has 0 aromatic carbocycles. The van der Waals surface area contributed by atoms with Crippen molar-refractivity contribution in [2.24, 2.45) is 5.41 Å². The minimum atomic E-state index is 0.347. The van der Waals surface area contributed by atoms with Crippen molar-refractivity contribution in [1.29, 1.82) is 0 Å². The number of hydrogen-bond donors (Lipinski definition) is 0. The van der Waals surface area contributed by atoms with Gasteiger partial charge < -0.3 is 9.64 Å². The average Bonchev–Trinajstić information content (AvgIpc) is 1.91. The lowest BCUT2D eigenvalue weighted by atomic mass is 9.95. The van der Waals surface area contributed by atoms with Crippen LogP contribution >= 0.6 is 0 Å². The molecule has 0 unspecified atom stereocenters. The van der Waals surface area contributed by atoms with Crippen LogP contribution in [0.2, 0.25) is 0 Å². The van der Waals surface area contributed by atoms with E-state index in [1.54, 1.807) is 0 Å². The summed E-state index contributed by atoms with van der Waals surface area (Å²) in [4.78, 5) is 2.32. The summed E-state index contributed by atoms with van der Waals surface area (Å²) in [5.41, 5.74) is 1.47. The summed E-state index contributed by atoms with van der Waals surface area (Å²) in [5.74, 6) is 0. The molecule has 1 saturated heterocycles. The molecule has 70 valence electrons. The third-order valence-corrected chi connectivity index (χ3v) is 1.89. The molecule has 0 radical (unpaired) electrons. The monoisotopic (exact) mass is 169 g/mol. The molecule has 1 fully saturated rings. The molecule has 0 aromatic heterocycles. The van der Waals surface area contributed by atoms with Crippen molar-refractivity contribution in [2.75, 3.05) is 26.3 Å². The maximum absolute atomic E-state index is 5.29. The first-order chi connectivity index (χ1) is 5.49. The van der Waals surface area contributed by atoms with Crippen LogP contribution in [0.4, 0.5) is 0 Å². The molecule has 2 nitrogen and oxygen atoms in total. The van der Waals surface area contributed by atoms with E-state index in [0.717, 1.165) is 25.4 Å². The van der Waals surface area contributed by atoms with Crippen LogP contribution in [0.5, 0.6) is 0 Å². The van der Waals surface area contributed by atoms with Crippen LogP contribution < -0.4 is 0 Å². The Hall–Kier alpha value is -0.500. The number of morpholine rings is 1. The van der Waals surface area contributed by atoms with Crippen molar-refractivity contribution in [1.82, 2.24) is 4.90 Å². The molecule has 1 aliphatic heterocycles. The van der Waals surface area contributed by atoms with Gasteiger partial charge in [0.15, 0.2) is 0 Å². The van der Waals surface area contributed by atoms with Gasteiger partial charge in [-0.2, -0.15) is 0 Å². The molecule has 0 saturated carbocycles. The summed E-state index contributed by atoms with van der Waals surface area (Å²) >= 11 is 0. The molecule has 0 N–H and O–H groups in total. The summed E-state index contributed by atoms with van der Waals surface area (Å²) in [5, 5.41) is 0. The summed E-state index contributed by atoms with van der Waals surface area (Å²) in [6.45, 7) is 14.3. The highest BCUT2D eigenvalue weighted by Gasteiger charge is 2.19. The van der Waals surface area contributed by atoms with Crippen LogP contribution in [0.3, 0.4) is 0 Å². The minimum absolute atomic E-state index is 0.347. The number of nitrogens with zero attached hydrogens (tertiary/aromatic N) is 1. The average molecular weight is 169 g/mol. The van der Waals surface area contributed by atoms with E-state index < -0.39 is 0 Å². The van der Waals surface area contributed by atoms with E-state index in [1.807, 2.05) is 0 Å². The largest absolute Gasteiger partial charge is 0.373 e. The van der Waals surface area contributed by atoms with Gasteiger partial charge in [0.05, 0.1) is 13.2 Å². The molecule has 1 aliphatic rings. The Labute approximate surface area is 75.2 Å². The van der Waals surface area contributed by atoms with E-state index in [2.05, 4.69) is 32.3 Å². The normalized spacial score (nSPS) is 19.9. The van der Waals surface area contributed by atoms with Gasteiger partial charge in [-0.25, -0.2) is 0 Å². The van der Waals surface area contributed by atoms with Gasteiger partial charge in [-0.05, 0) is 5.41 Å². The predicted octanol–water partition coefficient (Wildman–Crippen LogP) is 1.88. The van der Waals surface area contributed by atoms with Crippen LogP contribution in [-0.4, -0.2) is 31.2 Å². The van der Waals surface area contributed by atoms with E-state index >= 15 is 0 Å². The predicted molar refractivity (Wildman–Crippen MR) is 51.0 cm³/mol. The smallest absolute Gasteiger partial charge is 0.0859 e. The molecule has 12 heavy (non-hydrogen) atoms. The van der Waals surface area contributed by atoms with Crippen LogP contribution in [0.15, 0.2) is 12.3 Å². The van der Waals surface area contributed by atoms with Crippen LogP contribution in [0.25, 0.3) is 0 Å². The van der Waals surface area contributed by atoms with Crippen molar-refractivity contribution in [3.05, 3.63) is 12.3 Å². The van der Waals surface area contributed by atoms with Crippen LogP contribution in [0.1, 0.15) is 20.8 Å². The SMILES string of the molecule is C=C1COCCN1CC(C)(C)C. The number of hydrogen-bond acceptors (Lipinski definition) is 2. The first kappa shape index (κ1) is 9.59. The molecule has 0 aromatic rings. The maximum Gasteiger partial charge on any atom is 0.0859 e. The zero-order valence-corrected chi connectivity index (χ0v) is 8.39. The van der Waals surface area contributed by atoms with Gasteiger partial charge in [0.2, 0.25) is 0 Å². The zero-order valence-electron chi connectivity index (χ0n) is 8.39. The highest BCUT2D eigenvalue weighted by molar-refractivity contribution is 4.97. The Bertz CT molecular complexity index is 169. The Balaban J connectivity index is 2.45. The molecule has 1 rings (SSSR count). The second kappa shape index (κ2) is 3.48. The first-order valence-corrected chi connectivity index (χ1v) is 4.49. The minimum Gasteiger partial charge on any atom is -0.373 e. The third-order valence-electron chi connectivity index (χ3n) is 1.89. The molecule has 0 aliphatic carbocycles. The van der Waals surface area contributed by atoms with Gasteiger partial charge in [0.1, 0.15) is 0 Å². The third kappa shape index (κ3) is 2.86. The Morgan fingerprint density at radius 3 is 2.67 bits per heavy atom. The Morgan fingerprint density at radius 1 is 1.50 bits per heavy atom. The molecular weight excluding hydrogens is 150 g/mol. The lowest BCUT2D eigenvalue weighted by molar-refractivity contribution is 0.0598. The van der Waals surface area contributed by atoms with E-state index in [-0.39, 0.29) is 0 Å². The molecule has 0 bridgehead atoms. The Morgan fingerprint density at radius 2 is 2.17 bits per heavy atom. The summed E-state index contributed by atoms with van der Waals surface area (Å²) in [6, 6.07) is 0. The topological polar surface area (TPSA) is 12.5 Å². The molecule has 2 heteroatoms. The van der Waals surface area contributed by atoms with Crippen molar-refractivity contribution in [3.8, 4) is 0 Å². The van der Waals surface area contributed by atoms with Crippen molar-refractivity contribution < 1.29 is 4.74 Å². The van der Waals surface area contributed by atoms with E-state index in [0.29, 0.717) is 12.0 Å². The highest BCUT2D eigenvalue weighted by Crippen LogP contribution is 2.19. The standard InChI is InChI=1S/C10H19NO/c1-9-7-12-6-5-11(9)8-10(2,3)4/h1,5-8H2,2-4H3. The van der Waals surface area contributed by atoms with Crippen LogP contribution in [0, 0.1) is 5.41 Å². The highest BCUT2D eigenvalue weighted by atomic mass is 16.5. The molecular formula is C10H19NO. The second-order valence-corrected chi connectivity index (χ2v) is 4.60. The molecule has 1 heterocycles. The number of rotatable bonds is 1. The molecule has 0 atom stereocenters. The van der Waals surface area contributed by atoms with E-state index in [1.165, 1.54) is 0 Å². The van der Waals surface area contributed by atoms with Gasteiger partial charge in [0.25, 0.3) is 0 Å². The fourth-order valence-corrected chi connectivity index (χ4v) is 1.38. The maximum atomic E-state index is 5.29. The molecule has 0 spiro atoms. The van der Waals surface area contributed by atoms with E-state index in [4.69, 9.17) is 4.74 Å². The van der Waals surface area contributed by atoms with E-state index in [9.17, 15) is 0 Å². The van der Waals surface area contributed by atoms with Crippen molar-refractivity contribution >= 4 is 0 Å². The number of ether oxygens (including phenoxy) is 1. The quantitative estimate of drug-likeness (QED) is 0.594. The van der Waals surface area contributed by atoms with Gasteiger partial charge in [0, 0.05) is 18.8 Å². The van der Waals surface area contributed by atoms with Gasteiger partial charge in [-0.3, -0.25) is 0 Å². The second-order valence-electron chi connectivity index (χ2n) is 4.60. The van der Waals surface area contributed by atoms with Crippen molar-refractivity contribution in [3.63, 3.8) is 0 Å². The summed E-state index contributed by atoms with van der Waals surface area (Å²) in [6.07, 6.45) is 0. The zero-order chi connectivity index (χ0) is 9.19. The molecule has 0 amide bonds. The van der Waals surface area contributed by atoms with Crippen LogP contribution in [-0.2, 0) is 4.74 Å². The summed E-state index contributed by atoms with van der Waals surface area (Å²) < 4.78 is 5.29. The lowest BCUT2D eigenvalue weighted by Crippen LogP contribution is -2.39. The fourth-order valence-electron chi connectivity index (χ4n) is 1.38. The summed E-state index contributed by atoms with van der Waals surface area (Å²) in [7, 11) is 0. The van der Waals surface area contributed by atoms with Crippen molar-refractivity contribution in [2.45, 2.75) is 20.8 Å². The Kier molecular flexibility index (Phi) is 2.78. The van der Waals surface area contributed by atoms with Gasteiger partial charge >= 0.3 is 0 Å².